The van der Waals surface area contributed by atoms with Crippen LogP contribution in [0.15, 0.2) is 91.1 Å². The fourth-order valence-corrected chi connectivity index (χ4v) is 6.62. The number of carbonyl (C=O) groups excluding carboxylic acids is 2. The summed E-state index contributed by atoms with van der Waals surface area (Å²) in [5.41, 5.74) is 2.63. The molecule has 9 nitrogen and oxygen atoms in total. The second-order valence-electron chi connectivity index (χ2n) is 12.0. The van der Waals surface area contributed by atoms with E-state index >= 15 is 0 Å². The van der Waals surface area contributed by atoms with Crippen molar-refractivity contribution in [1.82, 2.24) is 15.0 Å². The summed E-state index contributed by atoms with van der Waals surface area (Å²) in [4.78, 5) is 30.0. The van der Waals surface area contributed by atoms with Gasteiger partial charge in [-0.15, -0.1) is 5.10 Å². The van der Waals surface area contributed by atoms with Gasteiger partial charge in [0.25, 0.3) is 5.91 Å². The zero-order valence-electron chi connectivity index (χ0n) is 25.8. The summed E-state index contributed by atoms with van der Waals surface area (Å²) in [7, 11) is 0. The van der Waals surface area contributed by atoms with Crippen molar-refractivity contribution in [3.8, 4) is 0 Å². The molecule has 2 N–H and O–H groups in total. The normalized spacial score (nSPS) is 19.6. The molecule has 2 aliphatic rings. The van der Waals surface area contributed by atoms with Gasteiger partial charge in [-0.2, -0.15) is 0 Å². The highest BCUT2D eigenvalue weighted by Gasteiger charge is 2.52. The van der Waals surface area contributed by atoms with Gasteiger partial charge >= 0.3 is 0 Å². The minimum Gasteiger partial charge on any atom is -0.395 e. The standard InChI is InChI=1S/C36H38ClN5O4/c1-25(10-5-7-18-40-23-32(38-39-40)30(24-43)27-12-3-2-4-13-27)36(46)31-21-28(37)16-17-33(31)42(35(36)45)22-26-11-9-14-29(20-26)41-19-8-6-15-34(41)44/h2-5,9-14,16-17,20-21,23,25,30,43,46H,6-8,15,18-19,22,24H2,1H3/b10-5+/t25-,30?,36+/m0/s1. The second kappa shape index (κ2) is 13.6. The van der Waals surface area contributed by atoms with E-state index in [1.807, 2.05) is 84.8 Å². The fourth-order valence-electron chi connectivity index (χ4n) is 6.44. The minimum absolute atomic E-state index is 0.0706. The number of hydrogen-bond donors (Lipinski definition) is 2. The predicted molar refractivity (Wildman–Crippen MR) is 177 cm³/mol. The molecule has 0 aliphatic carbocycles. The Balaban J connectivity index is 1.16. The number of allylic oxidation sites excluding steroid dienone is 1. The molecule has 0 saturated carbocycles. The van der Waals surface area contributed by atoms with E-state index in [1.165, 1.54) is 0 Å². The molecule has 3 atom stereocenters. The summed E-state index contributed by atoms with van der Waals surface area (Å²) < 4.78 is 1.73. The Morgan fingerprint density at radius 3 is 2.65 bits per heavy atom. The zero-order valence-corrected chi connectivity index (χ0v) is 26.6. The van der Waals surface area contributed by atoms with Crippen molar-refractivity contribution in [3.63, 3.8) is 0 Å². The Hall–Kier alpha value is -4.31. The summed E-state index contributed by atoms with van der Waals surface area (Å²) in [6.45, 7) is 3.22. The average molecular weight is 640 g/mol. The van der Waals surface area contributed by atoms with Crippen LogP contribution in [0.2, 0.25) is 5.02 Å². The van der Waals surface area contributed by atoms with Crippen LogP contribution in [0.5, 0.6) is 0 Å². The molecule has 1 unspecified atom stereocenters. The van der Waals surface area contributed by atoms with Gasteiger partial charge < -0.3 is 20.0 Å². The number of piperidine rings is 1. The summed E-state index contributed by atoms with van der Waals surface area (Å²) in [6.07, 6.45) is 8.64. The van der Waals surface area contributed by atoms with Crippen molar-refractivity contribution in [2.75, 3.05) is 23.0 Å². The third-order valence-corrected chi connectivity index (χ3v) is 9.26. The predicted octanol–water partition coefficient (Wildman–Crippen LogP) is 5.59. The number of benzene rings is 3. The number of hydrogen-bond acceptors (Lipinski definition) is 6. The van der Waals surface area contributed by atoms with Crippen LogP contribution in [-0.4, -0.2) is 50.2 Å². The van der Waals surface area contributed by atoms with Crippen molar-refractivity contribution < 1.29 is 19.8 Å². The van der Waals surface area contributed by atoms with Gasteiger partial charge in [0.2, 0.25) is 5.91 Å². The first-order valence-corrected chi connectivity index (χ1v) is 16.1. The van der Waals surface area contributed by atoms with Crippen LogP contribution < -0.4 is 9.80 Å². The van der Waals surface area contributed by atoms with Crippen molar-refractivity contribution in [3.05, 3.63) is 119 Å². The molecule has 0 spiro atoms. The molecule has 3 aromatic carbocycles. The lowest BCUT2D eigenvalue weighted by molar-refractivity contribution is -0.139. The van der Waals surface area contributed by atoms with Crippen molar-refractivity contribution in [1.29, 1.82) is 0 Å². The number of nitrogens with zero attached hydrogens (tertiary/aromatic N) is 5. The number of aliphatic hydroxyl groups excluding tert-OH is 1. The summed E-state index contributed by atoms with van der Waals surface area (Å²) in [5.74, 6) is -1.11. The molecule has 2 aliphatic heterocycles. The van der Waals surface area contributed by atoms with Gasteiger partial charge in [-0.25, -0.2) is 0 Å². The molecule has 2 amide bonds. The quantitative estimate of drug-likeness (QED) is 0.207. The number of halogens is 1. The summed E-state index contributed by atoms with van der Waals surface area (Å²) >= 11 is 6.37. The third-order valence-electron chi connectivity index (χ3n) is 9.02. The van der Waals surface area contributed by atoms with Crippen LogP contribution >= 0.6 is 11.6 Å². The average Bonchev–Trinajstić information content (AvgIpc) is 3.61. The zero-order chi connectivity index (χ0) is 32.3. The number of amides is 2. The van der Waals surface area contributed by atoms with E-state index in [4.69, 9.17) is 11.6 Å². The number of anilines is 2. The van der Waals surface area contributed by atoms with Crippen molar-refractivity contribution in [2.45, 2.75) is 57.2 Å². The largest absolute Gasteiger partial charge is 0.395 e. The van der Waals surface area contributed by atoms with Gasteiger partial charge in [-0.1, -0.05) is 78.4 Å². The van der Waals surface area contributed by atoms with E-state index in [1.54, 1.807) is 27.8 Å². The maximum atomic E-state index is 14.0. The Kier molecular flexibility index (Phi) is 9.35. The highest BCUT2D eigenvalue weighted by atomic mass is 35.5. The highest BCUT2D eigenvalue weighted by molar-refractivity contribution is 6.31. The molecule has 1 aromatic heterocycles. The fraction of sp³-hybridized carbons (Fsp3) is 0.333. The molecule has 3 heterocycles. The molecule has 1 saturated heterocycles. The van der Waals surface area contributed by atoms with Crippen molar-refractivity contribution >= 4 is 34.8 Å². The van der Waals surface area contributed by atoms with E-state index in [-0.39, 0.29) is 25.0 Å². The lowest BCUT2D eigenvalue weighted by Crippen LogP contribution is -2.44. The van der Waals surface area contributed by atoms with E-state index in [2.05, 4.69) is 10.3 Å². The van der Waals surface area contributed by atoms with Crippen LogP contribution in [-0.2, 0) is 28.3 Å². The van der Waals surface area contributed by atoms with E-state index < -0.39 is 17.4 Å². The Morgan fingerprint density at radius 2 is 1.87 bits per heavy atom. The van der Waals surface area contributed by atoms with E-state index in [0.29, 0.717) is 47.9 Å². The molecule has 10 heteroatoms. The van der Waals surface area contributed by atoms with Crippen LogP contribution in [0.4, 0.5) is 11.4 Å². The Bertz CT molecular complexity index is 1740. The lowest BCUT2D eigenvalue weighted by atomic mass is 9.83. The number of aromatic nitrogens is 3. The lowest BCUT2D eigenvalue weighted by Gasteiger charge is -2.28. The molecule has 1 fully saturated rings. The first kappa shape index (κ1) is 31.7. The summed E-state index contributed by atoms with van der Waals surface area (Å²) in [6, 6.07) is 22.6. The minimum atomic E-state index is -1.80. The van der Waals surface area contributed by atoms with Crippen LogP contribution in [0.1, 0.15) is 60.9 Å². The smallest absolute Gasteiger partial charge is 0.264 e. The molecular weight excluding hydrogens is 602 g/mol. The molecular formula is C36H38ClN5O4. The summed E-state index contributed by atoms with van der Waals surface area (Å²) in [5, 5.41) is 31.0. The Morgan fingerprint density at radius 1 is 1.04 bits per heavy atom. The van der Waals surface area contributed by atoms with Gasteiger partial charge in [0.05, 0.1) is 30.5 Å². The number of carbonyl (C=O) groups is 2. The van der Waals surface area contributed by atoms with Crippen LogP contribution in [0.3, 0.4) is 0 Å². The van der Waals surface area contributed by atoms with Gasteiger partial charge in [-0.05, 0) is 60.7 Å². The third kappa shape index (κ3) is 6.23. The molecule has 46 heavy (non-hydrogen) atoms. The number of rotatable bonds is 11. The molecule has 0 bridgehead atoms. The van der Waals surface area contributed by atoms with Crippen LogP contribution in [0, 0.1) is 5.92 Å². The topological polar surface area (TPSA) is 112 Å². The SMILES string of the molecule is C[C@@H](/C=C/CCn1cc(C(CO)c2ccccc2)nn1)[C@]1(O)C(=O)N(Cc2cccc(N3CCCCC3=O)c2)c2ccc(Cl)cc21. The van der Waals surface area contributed by atoms with Gasteiger partial charge in [-0.3, -0.25) is 14.3 Å². The number of aliphatic hydroxyl groups is 2. The van der Waals surface area contributed by atoms with Gasteiger partial charge in [0.1, 0.15) is 0 Å². The number of aryl methyl sites for hydroxylation is 1. The van der Waals surface area contributed by atoms with E-state index in [0.717, 1.165) is 29.7 Å². The first-order valence-electron chi connectivity index (χ1n) is 15.8. The molecule has 238 valence electrons. The molecule has 0 radical (unpaired) electrons. The number of fused-ring (bicyclic) bond motifs is 1. The highest BCUT2D eigenvalue weighted by Crippen LogP contribution is 2.47. The Labute approximate surface area is 273 Å². The molecule has 4 aromatic rings. The van der Waals surface area contributed by atoms with Gasteiger partial charge in [0.15, 0.2) is 5.60 Å². The van der Waals surface area contributed by atoms with Crippen molar-refractivity contribution in [2.24, 2.45) is 5.92 Å². The van der Waals surface area contributed by atoms with Gasteiger partial charge in [0, 0.05) is 47.9 Å². The van der Waals surface area contributed by atoms with Crippen LogP contribution in [0.25, 0.3) is 0 Å². The van der Waals surface area contributed by atoms with E-state index in [9.17, 15) is 19.8 Å². The monoisotopic (exact) mass is 639 g/mol. The maximum Gasteiger partial charge on any atom is 0.264 e. The second-order valence-corrected chi connectivity index (χ2v) is 12.5. The molecule has 6 rings (SSSR count). The first-order chi connectivity index (χ1) is 22.3. The maximum absolute atomic E-state index is 14.0.